The number of benzene rings is 2. The zero-order valence-electron chi connectivity index (χ0n) is 13.9. The summed E-state index contributed by atoms with van der Waals surface area (Å²) in [6, 6.07) is 11.6. The van der Waals surface area contributed by atoms with E-state index in [1.807, 2.05) is 0 Å². The number of hydrogen-bond donors (Lipinski definition) is 0. The van der Waals surface area contributed by atoms with Crippen molar-refractivity contribution in [3.63, 3.8) is 0 Å². The van der Waals surface area contributed by atoms with E-state index in [1.54, 1.807) is 18.2 Å². The second-order valence-electron chi connectivity index (χ2n) is 6.25. The fourth-order valence-corrected chi connectivity index (χ4v) is 3.17. The van der Waals surface area contributed by atoms with Crippen LogP contribution in [0, 0.1) is 11.7 Å². The minimum atomic E-state index is -0.870. The van der Waals surface area contributed by atoms with E-state index in [9.17, 15) is 23.6 Å². The molecule has 0 aliphatic carbocycles. The quantitative estimate of drug-likeness (QED) is 0.773. The Kier molecular flexibility index (Phi) is 3.95. The lowest BCUT2D eigenvalue weighted by Gasteiger charge is -2.17. The highest BCUT2D eigenvalue weighted by Gasteiger charge is 2.42. The molecule has 0 spiro atoms. The van der Waals surface area contributed by atoms with Gasteiger partial charge in [-0.05, 0) is 30.3 Å². The van der Waals surface area contributed by atoms with Crippen molar-refractivity contribution >= 4 is 29.4 Å². The van der Waals surface area contributed by atoms with Crippen LogP contribution in [0.25, 0.3) is 0 Å². The van der Waals surface area contributed by atoms with Crippen LogP contribution in [0.15, 0.2) is 48.5 Å². The Morgan fingerprint density at radius 1 is 1.00 bits per heavy atom. The van der Waals surface area contributed by atoms with Crippen LogP contribution in [0.1, 0.15) is 27.1 Å². The summed E-state index contributed by atoms with van der Waals surface area (Å²) >= 11 is 0. The van der Waals surface area contributed by atoms with Crippen LogP contribution in [0.4, 0.5) is 10.1 Å². The van der Waals surface area contributed by atoms with E-state index in [4.69, 9.17) is 4.84 Å². The first-order chi connectivity index (χ1) is 13.0. The highest BCUT2D eigenvalue weighted by molar-refractivity contribution is 6.21. The van der Waals surface area contributed by atoms with Gasteiger partial charge in [-0.3, -0.25) is 14.4 Å². The number of carbonyl (C=O) groups is 4. The molecular weight excluding hydrogens is 355 g/mol. The number of amides is 3. The number of halogens is 1. The molecule has 1 fully saturated rings. The Bertz CT molecular complexity index is 955. The maximum atomic E-state index is 13.4. The summed E-state index contributed by atoms with van der Waals surface area (Å²) in [7, 11) is 0. The van der Waals surface area contributed by atoms with Crippen molar-refractivity contribution in [1.82, 2.24) is 5.06 Å². The van der Waals surface area contributed by atoms with Crippen molar-refractivity contribution < 1.29 is 28.4 Å². The first-order valence-corrected chi connectivity index (χ1v) is 8.21. The van der Waals surface area contributed by atoms with Crippen LogP contribution in [-0.2, 0) is 14.4 Å². The molecule has 136 valence electrons. The number of fused-ring (bicyclic) bond motifs is 1. The molecule has 0 saturated carbocycles. The molecule has 1 saturated heterocycles. The maximum absolute atomic E-state index is 13.4. The Hall–Kier alpha value is -3.55. The van der Waals surface area contributed by atoms with Gasteiger partial charge in [0, 0.05) is 18.7 Å². The molecule has 1 unspecified atom stereocenters. The first kappa shape index (κ1) is 16.9. The Morgan fingerprint density at radius 2 is 1.67 bits per heavy atom. The second-order valence-corrected chi connectivity index (χ2v) is 6.25. The topological polar surface area (TPSA) is 84.0 Å². The van der Waals surface area contributed by atoms with Gasteiger partial charge in [-0.1, -0.05) is 23.3 Å². The molecular formula is C19H13FN2O5. The second kappa shape index (κ2) is 6.31. The molecule has 8 heteroatoms. The molecule has 4 rings (SSSR count). The van der Waals surface area contributed by atoms with Crippen LogP contribution in [0.2, 0.25) is 0 Å². The van der Waals surface area contributed by atoms with E-state index in [2.05, 4.69) is 0 Å². The number of rotatable bonds is 3. The van der Waals surface area contributed by atoms with Gasteiger partial charge >= 0.3 is 5.97 Å². The van der Waals surface area contributed by atoms with Gasteiger partial charge in [0.2, 0.25) is 5.91 Å². The van der Waals surface area contributed by atoms with Gasteiger partial charge in [0.15, 0.2) is 0 Å². The van der Waals surface area contributed by atoms with E-state index in [0.717, 1.165) is 0 Å². The molecule has 2 aromatic carbocycles. The number of imide groups is 1. The largest absolute Gasteiger partial charge is 0.338 e. The van der Waals surface area contributed by atoms with Crippen molar-refractivity contribution in [2.45, 2.75) is 6.42 Å². The Balaban J connectivity index is 1.48. The number of hydrogen-bond acceptors (Lipinski definition) is 5. The van der Waals surface area contributed by atoms with Crippen LogP contribution >= 0.6 is 0 Å². The lowest BCUT2D eigenvalue weighted by Crippen LogP contribution is -2.36. The maximum Gasteiger partial charge on any atom is 0.338 e. The van der Waals surface area contributed by atoms with E-state index in [-0.39, 0.29) is 30.0 Å². The first-order valence-electron chi connectivity index (χ1n) is 8.21. The van der Waals surface area contributed by atoms with Crippen LogP contribution in [-0.4, -0.2) is 35.3 Å². The highest BCUT2D eigenvalue weighted by Crippen LogP contribution is 2.28. The van der Waals surface area contributed by atoms with Crippen LogP contribution < -0.4 is 4.90 Å². The molecule has 27 heavy (non-hydrogen) atoms. The SMILES string of the molecule is O=C(ON1C(=O)c2ccccc2C1=O)C1CC(=O)N(c2cccc(F)c2)C1. The van der Waals surface area contributed by atoms with Gasteiger partial charge in [-0.2, -0.15) is 0 Å². The molecule has 7 nitrogen and oxygen atoms in total. The van der Waals surface area contributed by atoms with Crippen molar-refractivity contribution in [1.29, 1.82) is 0 Å². The fraction of sp³-hybridized carbons (Fsp3) is 0.158. The molecule has 2 aliphatic rings. The minimum absolute atomic E-state index is 0.0235. The molecule has 0 bridgehead atoms. The molecule has 0 N–H and O–H groups in total. The van der Waals surface area contributed by atoms with E-state index >= 15 is 0 Å². The van der Waals surface area contributed by atoms with E-state index < -0.39 is 29.5 Å². The lowest BCUT2D eigenvalue weighted by atomic mass is 10.1. The molecule has 1 atom stereocenters. The molecule has 2 aliphatic heterocycles. The standard InChI is InChI=1S/C19H13FN2O5/c20-12-4-3-5-13(9-12)21-10-11(8-16(21)23)19(26)27-22-17(24)14-6-1-2-7-15(14)18(22)25/h1-7,9,11H,8,10H2. The predicted molar refractivity (Wildman–Crippen MR) is 89.9 cm³/mol. The van der Waals surface area contributed by atoms with Gasteiger partial charge in [0.25, 0.3) is 11.8 Å². The van der Waals surface area contributed by atoms with Gasteiger partial charge in [0.05, 0.1) is 17.0 Å². The average molecular weight is 368 g/mol. The zero-order chi connectivity index (χ0) is 19.1. The van der Waals surface area contributed by atoms with E-state index in [1.165, 1.54) is 35.2 Å². The molecule has 2 aromatic rings. The Labute approximate surface area is 152 Å². The zero-order valence-corrected chi connectivity index (χ0v) is 13.9. The summed E-state index contributed by atoms with van der Waals surface area (Å²) in [6.45, 7) is -0.0235. The summed E-state index contributed by atoms with van der Waals surface area (Å²) in [6.07, 6.45) is -0.154. The Morgan fingerprint density at radius 3 is 2.30 bits per heavy atom. The average Bonchev–Trinajstić information content (AvgIpc) is 3.16. The number of nitrogens with zero attached hydrogens (tertiary/aromatic N) is 2. The van der Waals surface area contributed by atoms with Gasteiger partial charge < -0.3 is 9.74 Å². The van der Waals surface area contributed by atoms with Crippen LogP contribution in [0.3, 0.4) is 0 Å². The monoisotopic (exact) mass is 368 g/mol. The minimum Gasteiger partial charge on any atom is -0.329 e. The fourth-order valence-electron chi connectivity index (χ4n) is 3.17. The van der Waals surface area contributed by atoms with Gasteiger partial charge in [-0.25, -0.2) is 9.18 Å². The van der Waals surface area contributed by atoms with Crippen molar-refractivity contribution in [3.8, 4) is 0 Å². The number of hydroxylamine groups is 2. The van der Waals surface area contributed by atoms with Crippen molar-refractivity contribution in [2.75, 3.05) is 11.4 Å². The third-order valence-electron chi connectivity index (χ3n) is 4.52. The molecule has 0 radical (unpaired) electrons. The molecule has 2 heterocycles. The van der Waals surface area contributed by atoms with Crippen LogP contribution in [0.5, 0.6) is 0 Å². The summed E-state index contributed by atoms with van der Waals surface area (Å²) in [4.78, 5) is 55.4. The summed E-state index contributed by atoms with van der Waals surface area (Å²) in [5.74, 6) is -4.06. The smallest absolute Gasteiger partial charge is 0.329 e. The number of anilines is 1. The normalized spacial score (nSPS) is 18.9. The highest BCUT2D eigenvalue weighted by atomic mass is 19.1. The summed E-state index contributed by atoms with van der Waals surface area (Å²) in [5.41, 5.74) is 0.634. The van der Waals surface area contributed by atoms with Crippen molar-refractivity contribution in [3.05, 3.63) is 65.5 Å². The molecule has 0 aromatic heterocycles. The number of carbonyl (C=O) groups excluding carboxylic acids is 4. The van der Waals surface area contributed by atoms with Crippen molar-refractivity contribution in [2.24, 2.45) is 5.92 Å². The summed E-state index contributed by atoms with van der Waals surface area (Å²) in [5, 5.41) is 0.419. The summed E-state index contributed by atoms with van der Waals surface area (Å²) < 4.78 is 13.4. The third kappa shape index (κ3) is 2.84. The predicted octanol–water partition coefficient (Wildman–Crippen LogP) is 1.93. The van der Waals surface area contributed by atoms with Gasteiger partial charge in [-0.15, -0.1) is 0 Å². The van der Waals surface area contributed by atoms with E-state index in [0.29, 0.717) is 10.8 Å². The third-order valence-corrected chi connectivity index (χ3v) is 4.52. The lowest BCUT2D eigenvalue weighted by molar-refractivity contribution is -0.173. The van der Waals surface area contributed by atoms with Gasteiger partial charge in [0.1, 0.15) is 5.82 Å². The molecule has 3 amide bonds.